The molecule has 0 saturated carbocycles. The van der Waals surface area contributed by atoms with Crippen LogP contribution in [-0.2, 0) is 6.54 Å². The van der Waals surface area contributed by atoms with Gasteiger partial charge in [0.05, 0.1) is 5.69 Å². The van der Waals surface area contributed by atoms with Crippen molar-refractivity contribution in [2.75, 3.05) is 6.54 Å². The van der Waals surface area contributed by atoms with E-state index >= 15 is 0 Å². The zero-order valence-corrected chi connectivity index (χ0v) is 9.31. The lowest BCUT2D eigenvalue weighted by molar-refractivity contribution is -0.122. The van der Waals surface area contributed by atoms with Crippen LogP contribution in [0.1, 0.15) is 17.0 Å². The third-order valence-corrected chi connectivity index (χ3v) is 2.06. The van der Waals surface area contributed by atoms with Gasteiger partial charge in [0, 0.05) is 12.1 Å². The van der Waals surface area contributed by atoms with E-state index in [9.17, 15) is 18.0 Å². The van der Waals surface area contributed by atoms with Gasteiger partial charge in [-0.1, -0.05) is 5.16 Å². The molecule has 0 aliphatic heterocycles. The van der Waals surface area contributed by atoms with E-state index in [0.717, 1.165) is 0 Å². The molecule has 2 amide bonds. The third-order valence-electron chi connectivity index (χ3n) is 2.06. The molecule has 0 aliphatic carbocycles. The van der Waals surface area contributed by atoms with Gasteiger partial charge in [0.25, 0.3) is 0 Å². The monoisotopic (exact) mass is 251 g/mol. The molecule has 96 valence electrons. The highest BCUT2D eigenvalue weighted by atomic mass is 19.4. The second-order valence-corrected chi connectivity index (χ2v) is 3.45. The van der Waals surface area contributed by atoms with E-state index in [1.165, 1.54) is 0 Å². The molecule has 5 nitrogen and oxygen atoms in total. The molecule has 17 heavy (non-hydrogen) atoms. The van der Waals surface area contributed by atoms with Crippen LogP contribution in [0.25, 0.3) is 0 Å². The Hall–Kier alpha value is -1.73. The molecule has 1 aromatic rings. The standard InChI is InChI=1S/C9H12F3N3O2/c1-5-7(6(2)17-15-5)3-13-8(16)14-4-9(10,11)12/h3-4H2,1-2H3,(H2,13,14,16). The Balaban J connectivity index is 2.39. The Morgan fingerprint density at radius 2 is 2.00 bits per heavy atom. The molecular weight excluding hydrogens is 239 g/mol. The SMILES string of the molecule is Cc1noc(C)c1CNC(=O)NCC(F)(F)F. The van der Waals surface area contributed by atoms with Gasteiger partial charge < -0.3 is 15.2 Å². The van der Waals surface area contributed by atoms with E-state index in [4.69, 9.17) is 4.52 Å². The number of halogens is 3. The molecule has 0 spiro atoms. The Labute approximate surface area is 95.3 Å². The molecule has 0 atom stereocenters. The maximum absolute atomic E-state index is 11.8. The van der Waals surface area contributed by atoms with Gasteiger partial charge in [0.1, 0.15) is 12.3 Å². The number of carbonyl (C=O) groups is 1. The molecule has 2 N–H and O–H groups in total. The molecule has 0 aromatic carbocycles. The molecule has 1 rings (SSSR count). The Morgan fingerprint density at radius 1 is 1.35 bits per heavy atom. The zero-order chi connectivity index (χ0) is 13.1. The van der Waals surface area contributed by atoms with Gasteiger partial charge in [-0.05, 0) is 13.8 Å². The number of hydrogen-bond acceptors (Lipinski definition) is 3. The first-order valence-electron chi connectivity index (χ1n) is 4.80. The van der Waals surface area contributed by atoms with Crippen LogP contribution in [0.2, 0.25) is 0 Å². The van der Waals surface area contributed by atoms with Gasteiger partial charge in [-0.15, -0.1) is 0 Å². The van der Waals surface area contributed by atoms with Crippen molar-refractivity contribution in [2.24, 2.45) is 0 Å². The van der Waals surface area contributed by atoms with E-state index in [2.05, 4.69) is 10.5 Å². The summed E-state index contributed by atoms with van der Waals surface area (Å²) in [5.41, 5.74) is 1.26. The van der Waals surface area contributed by atoms with Crippen molar-refractivity contribution in [2.45, 2.75) is 26.6 Å². The van der Waals surface area contributed by atoms with Gasteiger partial charge in [-0.3, -0.25) is 0 Å². The quantitative estimate of drug-likeness (QED) is 0.858. The second-order valence-electron chi connectivity index (χ2n) is 3.45. The predicted octanol–water partition coefficient (Wildman–Crippen LogP) is 1.65. The van der Waals surface area contributed by atoms with Gasteiger partial charge in [-0.2, -0.15) is 13.2 Å². The van der Waals surface area contributed by atoms with Crippen molar-refractivity contribution in [3.8, 4) is 0 Å². The fourth-order valence-corrected chi connectivity index (χ4v) is 1.17. The van der Waals surface area contributed by atoms with Crippen LogP contribution in [0, 0.1) is 13.8 Å². The maximum atomic E-state index is 11.8. The fourth-order valence-electron chi connectivity index (χ4n) is 1.17. The molecular formula is C9H12F3N3O2. The lowest BCUT2D eigenvalue weighted by Crippen LogP contribution is -2.40. The summed E-state index contributed by atoms with van der Waals surface area (Å²) in [6.45, 7) is 2.05. The number of rotatable bonds is 3. The summed E-state index contributed by atoms with van der Waals surface area (Å²) >= 11 is 0. The maximum Gasteiger partial charge on any atom is 0.405 e. The normalized spacial score (nSPS) is 11.4. The van der Waals surface area contributed by atoms with Crippen molar-refractivity contribution in [1.29, 1.82) is 0 Å². The van der Waals surface area contributed by atoms with Crippen LogP contribution in [-0.4, -0.2) is 23.9 Å². The van der Waals surface area contributed by atoms with Crippen molar-refractivity contribution in [3.63, 3.8) is 0 Å². The lowest BCUT2D eigenvalue weighted by Gasteiger charge is -2.09. The molecule has 0 fully saturated rings. The number of aryl methyl sites for hydroxylation is 2. The van der Waals surface area contributed by atoms with Crippen LogP contribution in [0.4, 0.5) is 18.0 Å². The average molecular weight is 251 g/mol. The van der Waals surface area contributed by atoms with E-state index in [1.54, 1.807) is 19.2 Å². The Bertz CT molecular complexity index is 381. The molecule has 0 bridgehead atoms. The average Bonchev–Trinajstić information content (AvgIpc) is 2.52. The van der Waals surface area contributed by atoms with E-state index < -0.39 is 18.8 Å². The van der Waals surface area contributed by atoms with Crippen molar-refractivity contribution >= 4 is 6.03 Å². The molecule has 1 aromatic heterocycles. The Morgan fingerprint density at radius 3 is 2.47 bits per heavy atom. The number of alkyl halides is 3. The Kier molecular flexibility index (Phi) is 3.97. The summed E-state index contributed by atoms with van der Waals surface area (Å²) in [4.78, 5) is 11.0. The number of urea groups is 1. The number of aromatic nitrogens is 1. The molecule has 0 saturated heterocycles. The largest absolute Gasteiger partial charge is 0.405 e. The lowest BCUT2D eigenvalue weighted by atomic mass is 10.2. The topological polar surface area (TPSA) is 67.2 Å². The predicted molar refractivity (Wildman–Crippen MR) is 52.3 cm³/mol. The first-order chi connectivity index (χ1) is 7.79. The number of amides is 2. The molecule has 0 aliphatic rings. The van der Waals surface area contributed by atoms with E-state index in [-0.39, 0.29) is 6.54 Å². The minimum atomic E-state index is -4.42. The van der Waals surface area contributed by atoms with Crippen LogP contribution in [0.15, 0.2) is 4.52 Å². The van der Waals surface area contributed by atoms with Crippen molar-refractivity contribution in [1.82, 2.24) is 15.8 Å². The van der Waals surface area contributed by atoms with Crippen LogP contribution in [0.3, 0.4) is 0 Å². The van der Waals surface area contributed by atoms with Crippen LogP contribution >= 0.6 is 0 Å². The highest BCUT2D eigenvalue weighted by Gasteiger charge is 2.27. The van der Waals surface area contributed by atoms with Crippen molar-refractivity contribution < 1.29 is 22.5 Å². The van der Waals surface area contributed by atoms with Gasteiger partial charge in [0.15, 0.2) is 0 Å². The first-order valence-corrected chi connectivity index (χ1v) is 4.80. The number of nitrogens with zero attached hydrogens (tertiary/aromatic N) is 1. The third kappa shape index (κ3) is 4.33. The zero-order valence-electron chi connectivity index (χ0n) is 9.31. The van der Waals surface area contributed by atoms with E-state index in [0.29, 0.717) is 17.0 Å². The van der Waals surface area contributed by atoms with Gasteiger partial charge >= 0.3 is 12.2 Å². The number of nitrogens with one attached hydrogen (secondary N) is 2. The summed E-state index contributed by atoms with van der Waals surface area (Å²) in [5.74, 6) is 0.527. The second kappa shape index (κ2) is 5.07. The highest BCUT2D eigenvalue weighted by Crippen LogP contribution is 2.12. The number of carbonyl (C=O) groups excluding carboxylic acids is 1. The number of hydrogen-bond donors (Lipinski definition) is 2. The van der Waals surface area contributed by atoms with Gasteiger partial charge in [-0.25, -0.2) is 4.79 Å². The highest BCUT2D eigenvalue weighted by molar-refractivity contribution is 5.73. The van der Waals surface area contributed by atoms with Crippen molar-refractivity contribution in [3.05, 3.63) is 17.0 Å². The molecule has 0 unspecified atom stereocenters. The smallest absolute Gasteiger partial charge is 0.361 e. The van der Waals surface area contributed by atoms with E-state index in [1.807, 2.05) is 0 Å². The summed E-state index contributed by atoms with van der Waals surface area (Å²) < 4.78 is 40.2. The summed E-state index contributed by atoms with van der Waals surface area (Å²) in [6, 6.07) is -0.887. The van der Waals surface area contributed by atoms with Crippen LogP contribution < -0.4 is 10.6 Å². The summed E-state index contributed by atoms with van der Waals surface area (Å²) in [6.07, 6.45) is -4.42. The summed E-state index contributed by atoms with van der Waals surface area (Å²) in [7, 11) is 0. The summed E-state index contributed by atoms with van der Waals surface area (Å²) in [5, 5.41) is 7.64. The minimum Gasteiger partial charge on any atom is -0.361 e. The first kappa shape index (κ1) is 13.3. The molecule has 0 radical (unpaired) electrons. The minimum absolute atomic E-state index is 0.0743. The van der Waals surface area contributed by atoms with Gasteiger partial charge in [0.2, 0.25) is 0 Å². The molecule has 8 heteroatoms. The van der Waals surface area contributed by atoms with Crippen LogP contribution in [0.5, 0.6) is 0 Å². The molecule has 1 heterocycles. The fraction of sp³-hybridized carbons (Fsp3) is 0.556.